The molecule has 7 nitrogen and oxygen atoms in total. The number of hydrogen-bond acceptors (Lipinski definition) is 5. The number of carbonyl (C=O) groups excluding carboxylic acids is 2. The van der Waals surface area contributed by atoms with Crippen molar-refractivity contribution in [2.75, 3.05) is 19.6 Å². The molecule has 4 rings (SSSR count). The predicted molar refractivity (Wildman–Crippen MR) is 97.8 cm³/mol. The van der Waals surface area contributed by atoms with E-state index < -0.39 is 0 Å². The van der Waals surface area contributed by atoms with Crippen molar-refractivity contribution >= 4 is 11.8 Å². The third kappa shape index (κ3) is 3.59. The van der Waals surface area contributed by atoms with Crippen molar-refractivity contribution < 1.29 is 14.1 Å². The molecule has 0 saturated carbocycles. The van der Waals surface area contributed by atoms with Gasteiger partial charge in [0.2, 0.25) is 5.91 Å². The molecule has 2 saturated heterocycles. The van der Waals surface area contributed by atoms with Crippen molar-refractivity contribution in [3.63, 3.8) is 0 Å². The van der Waals surface area contributed by atoms with Gasteiger partial charge in [-0.25, -0.2) is 0 Å². The number of aryl methyl sites for hydroxylation is 1. The number of rotatable bonds is 3. The minimum Gasteiger partial charge on any atom is -0.361 e. The van der Waals surface area contributed by atoms with Crippen LogP contribution in [0.4, 0.5) is 0 Å². The van der Waals surface area contributed by atoms with Crippen LogP contribution in [0.5, 0.6) is 0 Å². The van der Waals surface area contributed by atoms with Crippen molar-refractivity contribution in [3.05, 3.63) is 47.6 Å². The molecule has 2 amide bonds. The zero-order valence-electron chi connectivity index (χ0n) is 15.5. The summed E-state index contributed by atoms with van der Waals surface area (Å²) < 4.78 is 5.19. The summed E-state index contributed by atoms with van der Waals surface area (Å²) in [6, 6.07) is 7.28. The Kier molecular flexibility index (Phi) is 4.92. The Morgan fingerprint density at radius 2 is 1.96 bits per heavy atom. The molecule has 2 aromatic heterocycles. The molecule has 0 bridgehead atoms. The first-order valence-corrected chi connectivity index (χ1v) is 9.57. The molecule has 0 aliphatic carbocycles. The fourth-order valence-electron chi connectivity index (χ4n) is 4.10. The molecule has 2 fully saturated rings. The van der Waals surface area contributed by atoms with E-state index in [4.69, 9.17) is 4.52 Å². The third-order valence-corrected chi connectivity index (χ3v) is 5.54. The number of nitrogens with zero attached hydrogens (tertiary/aromatic N) is 4. The summed E-state index contributed by atoms with van der Waals surface area (Å²) >= 11 is 0. The smallest absolute Gasteiger partial charge is 0.272 e. The quantitative estimate of drug-likeness (QED) is 0.832. The summed E-state index contributed by atoms with van der Waals surface area (Å²) in [5.74, 6) is 0.860. The molecule has 0 spiro atoms. The number of pyridine rings is 1. The number of carbonyl (C=O) groups is 2. The Morgan fingerprint density at radius 3 is 2.63 bits per heavy atom. The molecule has 4 heterocycles. The molecule has 2 aliphatic heterocycles. The van der Waals surface area contributed by atoms with Gasteiger partial charge in [0.15, 0.2) is 0 Å². The van der Waals surface area contributed by atoms with Crippen molar-refractivity contribution in [1.29, 1.82) is 0 Å². The Morgan fingerprint density at radius 1 is 1.15 bits per heavy atom. The van der Waals surface area contributed by atoms with E-state index in [9.17, 15) is 9.59 Å². The molecular weight excluding hydrogens is 344 g/mol. The van der Waals surface area contributed by atoms with Crippen LogP contribution in [-0.2, 0) is 4.79 Å². The molecule has 7 heteroatoms. The van der Waals surface area contributed by atoms with E-state index in [0.717, 1.165) is 30.8 Å². The van der Waals surface area contributed by atoms with Gasteiger partial charge in [0.1, 0.15) is 17.1 Å². The van der Waals surface area contributed by atoms with Gasteiger partial charge < -0.3 is 14.3 Å². The van der Waals surface area contributed by atoms with Gasteiger partial charge in [-0.1, -0.05) is 11.2 Å². The monoisotopic (exact) mass is 368 g/mol. The van der Waals surface area contributed by atoms with E-state index in [2.05, 4.69) is 10.1 Å². The van der Waals surface area contributed by atoms with Crippen LogP contribution in [-0.4, -0.2) is 51.4 Å². The number of hydrogen-bond donors (Lipinski definition) is 0. The molecule has 1 unspecified atom stereocenters. The number of aromatic nitrogens is 2. The highest BCUT2D eigenvalue weighted by atomic mass is 16.5. The summed E-state index contributed by atoms with van der Waals surface area (Å²) in [7, 11) is 0. The highest BCUT2D eigenvalue weighted by Gasteiger charge is 2.37. The van der Waals surface area contributed by atoms with Gasteiger partial charge in [0.25, 0.3) is 5.91 Å². The Labute approximate surface area is 158 Å². The first-order chi connectivity index (χ1) is 13.1. The second-order valence-corrected chi connectivity index (χ2v) is 7.33. The van der Waals surface area contributed by atoms with Crippen molar-refractivity contribution in [2.45, 2.75) is 38.6 Å². The molecule has 0 N–H and O–H groups in total. The van der Waals surface area contributed by atoms with E-state index >= 15 is 0 Å². The molecule has 27 heavy (non-hydrogen) atoms. The van der Waals surface area contributed by atoms with Crippen LogP contribution in [0, 0.1) is 12.8 Å². The van der Waals surface area contributed by atoms with Crippen molar-refractivity contribution in [2.24, 2.45) is 5.92 Å². The largest absolute Gasteiger partial charge is 0.361 e. The summed E-state index contributed by atoms with van der Waals surface area (Å²) in [4.78, 5) is 33.5. The number of likely N-dealkylation sites (tertiary alicyclic amines) is 2. The SMILES string of the molecule is Cc1cc(C2CCCN2C(=O)C2CCN(C(=O)c3ccccn3)CC2)no1. The van der Waals surface area contributed by atoms with Crippen molar-refractivity contribution in [1.82, 2.24) is 19.9 Å². The van der Waals surface area contributed by atoms with Crippen LogP contribution in [0.25, 0.3) is 0 Å². The fraction of sp³-hybridized carbons (Fsp3) is 0.500. The summed E-state index contributed by atoms with van der Waals surface area (Å²) in [5.41, 5.74) is 1.31. The average Bonchev–Trinajstić information content (AvgIpc) is 3.36. The van der Waals surface area contributed by atoms with Gasteiger partial charge in [-0.3, -0.25) is 14.6 Å². The molecule has 2 aliphatic rings. The maximum absolute atomic E-state index is 13.1. The highest BCUT2D eigenvalue weighted by molar-refractivity contribution is 5.92. The summed E-state index contributed by atoms with van der Waals surface area (Å²) in [6.45, 7) is 3.81. The van der Waals surface area contributed by atoms with Crippen LogP contribution in [0.1, 0.15) is 53.7 Å². The van der Waals surface area contributed by atoms with Crippen LogP contribution in [0.2, 0.25) is 0 Å². The van der Waals surface area contributed by atoms with Crippen LogP contribution >= 0.6 is 0 Å². The predicted octanol–water partition coefficient (Wildman–Crippen LogP) is 2.59. The van der Waals surface area contributed by atoms with E-state index in [1.165, 1.54) is 0 Å². The normalized spacial score (nSPS) is 20.9. The molecule has 0 aromatic carbocycles. The lowest BCUT2D eigenvalue weighted by Crippen LogP contribution is -2.44. The molecule has 142 valence electrons. The van der Waals surface area contributed by atoms with Gasteiger partial charge in [-0.05, 0) is 44.7 Å². The minimum atomic E-state index is -0.0568. The lowest BCUT2D eigenvalue weighted by molar-refractivity contribution is -0.138. The van der Waals surface area contributed by atoms with Gasteiger partial charge in [0.05, 0.1) is 6.04 Å². The second-order valence-electron chi connectivity index (χ2n) is 7.33. The molecule has 0 radical (unpaired) electrons. The van der Waals surface area contributed by atoms with Crippen LogP contribution < -0.4 is 0 Å². The van der Waals surface area contributed by atoms with Gasteiger partial charge in [0, 0.05) is 37.8 Å². The zero-order chi connectivity index (χ0) is 18.8. The van der Waals surface area contributed by atoms with E-state index in [1.54, 1.807) is 23.2 Å². The lowest BCUT2D eigenvalue weighted by Gasteiger charge is -2.34. The Bertz CT molecular complexity index is 812. The summed E-state index contributed by atoms with van der Waals surface area (Å²) in [6.07, 6.45) is 4.92. The first-order valence-electron chi connectivity index (χ1n) is 9.57. The highest BCUT2D eigenvalue weighted by Crippen LogP contribution is 2.34. The topological polar surface area (TPSA) is 79.5 Å². The van der Waals surface area contributed by atoms with E-state index in [0.29, 0.717) is 31.6 Å². The minimum absolute atomic E-state index is 0.0168. The molecule has 2 aromatic rings. The third-order valence-electron chi connectivity index (χ3n) is 5.54. The Hall–Kier alpha value is -2.70. The van der Waals surface area contributed by atoms with Gasteiger partial charge in [-0.2, -0.15) is 0 Å². The lowest BCUT2D eigenvalue weighted by atomic mass is 9.94. The zero-order valence-corrected chi connectivity index (χ0v) is 15.5. The van der Waals surface area contributed by atoms with Gasteiger partial charge in [-0.15, -0.1) is 0 Å². The fourth-order valence-corrected chi connectivity index (χ4v) is 4.10. The number of amides is 2. The van der Waals surface area contributed by atoms with Crippen LogP contribution in [0.15, 0.2) is 35.0 Å². The number of piperidine rings is 1. The van der Waals surface area contributed by atoms with Crippen LogP contribution in [0.3, 0.4) is 0 Å². The second kappa shape index (κ2) is 7.50. The standard InChI is InChI=1S/C20H24N4O3/c1-14-13-17(22-27-14)18-6-4-10-24(18)19(25)15-7-11-23(12-8-15)20(26)16-5-2-3-9-21-16/h2-3,5,9,13,15,18H,4,6-8,10-12H2,1H3. The summed E-state index contributed by atoms with van der Waals surface area (Å²) in [5, 5.41) is 4.12. The first kappa shape index (κ1) is 17.7. The van der Waals surface area contributed by atoms with Crippen molar-refractivity contribution in [3.8, 4) is 0 Å². The van der Waals surface area contributed by atoms with Gasteiger partial charge >= 0.3 is 0 Å². The molecular formula is C20H24N4O3. The average molecular weight is 368 g/mol. The maximum Gasteiger partial charge on any atom is 0.272 e. The Balaban J connectivity index is 1.38. The maximum atomic E-state index is 13.1. The molecule has 1 atom stereocenters. The van der Waals surface area contributed by atoms with E-state index in [1.807, 2.05) is 24.0 Å². The van der Waals surface area contributed by atoms with E-state index in [-0.39, 0.29) is 23.8 Å².